The van der Waals surface area contributed by atoms with Crippen molar-refractivity contribution in [3.8, 4) is 0 Å². The molecule has 4 nitrogen and oxygen atoms in total. The molecule has 0 aliphatic carbocycles. The number of ether oxygens (including phenoxy) is 1. The van der Waals surface area contributed by atoms with Crippen LogP contribution in [-0.4, -0.2) is 31.0 Å². The van der Waals surface area contributed by atoms with Crippen LogP contribution in [0.5, 0.6) is 0 Å². The van der Waals surface area contributed by atoms with Crippen LogP contribution in [0.4, 0.5) is 0 Å². The highest BCUT2D eigenvalue weighted by Gasteiger charge is 2.07. The summed E-state index contributed by atoms with van der Waals surface area (Å²) in [6, 6.07) is 0. The maximum Gasteiger partial charge on any atom is 0.248 e. The van der Waals surface area contributed by atoms with Crippen molar-refractivity contribution in [3.05, 3.63) is 12.2 Å². The molecule has 1 atom stereocenters. The van der Waals surface area contributed by atoms with Crippen molar-refractivity contribution in [3.63, 3.8) is 0 Å². The molecule has 0 heterocycles. The third-order valence-corrected chi connectivity index (χ3v) is 1.01. The van der Waals surface area contributed by atoms with Gasteiger partial charge in [-0.3, -0.25) is 4.79 Å². The molecule has 0 aliphatic heterocycles. The average molecular weight is 159 g/mol. The SMILES string of the molecule is C=C(C)C(=O)NC(O)COC. The van der Waals surface area contributed by atoms with E-state index in [2.05, 4.69) is 16.6 Å². The number of amides is 1. The van der Waals surface area contributed by atoms with Crippen molar-refractivity contribution in [1.82, 2.24) is 5.32 Å². The third kappa shape index (κ3) is 4.52. The normalized spacial score (nSPS) is 12.3. The van der Waals surface area contributed by atoms with Gasteiger partial charge in [0.25, 0.3) is 0 Å². The molecular formula is C7H13NO3. The zero-order valence-electron chi connectivity index (χ0n) is 6.76. The van der Waals surface area contributed by atoms with Gasteiger partial charge in [-0.25, -0.2) is 0 Å². The molecule has 0 aromatic heterocycles. The Bertz CT molecular complexity index is 156. The Kier molecular flexibility index (Phi) is 4.49. The number of rotatable bonds is 4. The Morgan fingerprint density at radius 2 is 2.36 bits per heavy atom. The van der Waals surface area contributed by atoms with Crippen LogP contribution in [-0.2, 0) is 9.53 Å². The lowest BCUT2D eigenvalue weighted by molar-refractivity contribution is -0.121. The van der Waals surface area contributed by atoms with Crippen molar-refractivity contribution in [2.45, 2.75) is 13.2 Å². The van der Waals surface area contributed by atoms with Crippen molar-refractivity contribution in [1.29, 1.82) is 0 Å². The molecule has 1 unspecified atom stereocenters. The number of carbonyl (C=O) groups excluding carboxylic acids is 1. The molecule has 0 aromatic carbocycles. The first-order valence-corrected chi connectivity index (χ1v) is 3.21. The fourth-order valence-electron chi connectivity index (χ4n) is 0.474. The van der Waals surface area contributed by atoms with Crippen LogP contribution in [0.2, 0.25) is 0 Å². The number of carbonyl (C=O) groups is 1. The van der Waals surface area contributed by atoms with Crippen LogP contribution >= 0.6 is 0 Å². The predicted octanol–water partition coefficient (Wildman–Crippen LogP) is -0.357. The first-order chi connectivity index (χ1) is 5.07. The molecule has 0 saturated carbocycles. The van der Waals surface area contributed by atoms with Crippen molar-refractivity contribution >= 4 is 5.91 Å². The molecular weight excluding hydrogens is 146 g/mol. The largest absolute Gasteiger partial charge is 0.380 e. The third-order valence-electron chi connectivity index (χ3n) is 1.01. The summed E-state index contributed by atoms with van der Waals surface area (Å²) in [7, 11) is 1.44. The van der Waals surface area contributed by atoms with E-state index in [0.29, 0.717) is 5.57 Å². The summed E-state index contributed by atoms with van der Waals surface area (Å²) in [6.07, 6.45) is -0.954. The van der Waals surface area contributed by atoms with E-state index >= 15 is 0 Å². The van der Waals surface area contributed by atoms with Gasteiger partial charge in [0.2, 0.25) is 5.91 Å². The lowest BCUT2D eigenvalue weighted by atomic mass is 10.3. The number of methoxy groups -OCH3 is 1. The van der Waals surface area contributed by atoms with E-state index in [1.54, 1.807) is 6.92 Å². The second-order valence-corrected chi connectivity index (χ2v) is 2.22. The molecule has 0 aromatic rings. The second-order valence-electron chi connectivity index (χ2n) is 2.22. The van der Waals surface area contributed by atoms with Crippen molar-refractivity contribution < 1.29 is 14.6 Å². The quantitative estimate of drug-likeness (QED) is 0.435. The minimum absolute atomic E-state index is 0.0824. The fourth-order valence-corrected chi connectivity index (χ4v) is 0.474. The predicted molar refractivity (Wildman–Crippen MR) is 40.8 cm³/mol. The number of nitrogens with one attached hydrogen (secondary N) is 1. The van der Waals surface area contributed by atoms with Crippen LogP contribution < -0.4 is 5.32 Å². The number of aliphatic hydroxyl groups is 1. The Labute approximate surface area is 65.9 Å². The van der Waals surface area contributed by atoms with E-state index in [1.165, 1.54) is 7.11 Å². The standard InChI is InChI=1S/C7H13NO3/c1-5(2)7(10)8-6(9)4-11-3/h6,9H,1,4H2,2-3H3,(H,8,10). The molecule has 0 rings (SSSR count). The van der Waals surface area contributed by atoms with Gasteiger partial charge in [-0.15, -0.1) is 0 Å². The summed E-state index contributed by atoms with van der Waals surface area (Å²) in [5.74, 6) is -0.366. The molecule has 0 saturated heterocycles. The van der Waals surface area contributed by atoms with Gasteiger partial charge >= 0.3 is 0 Å². The molecule has 11 heavy (non-hydrogen) atoms. The smallest absolute Gasteiger partial charge is 0.248 e. The molecule has 4 heteroatoms. The van der Waals surface area contributed by atoms with E-state index in [0.717, 1.165) is 0 Å². The van der Waals surface area contributed by atoms with Crippen LogP contribution in [0.3, 0.4) is 0 Å². The monoisotopic (exact) mass is 159 g/mol. The number of hydrogen-bond acceptors (Lipinski definition) is 3. The maximum absolute atomic E-state index is 10.8. The molecule has 0 bridgehead atoms. The zero-order valence-corrected chi connectivity index (χ0v) is 6.76. The fraction of sp³-hybridized carbons (Fsp3) is 0.571. The molecule has 0 aliphatic rings. The highest BCUT2D eigenvalue weighted by molar-refractivity contribution is 5.92. The molecule has 0 radical (unpaired) electrons. The summed E-state index contributed by atoms with van der Waals surface area (Å²) in [5, 5.41) is 11.2. The van der Waals surface area contributed by atoms with Gasteiger partial charge in [0.15, 0.2) is 0 Å². The Balaban J connectivity index is 3.66. The summed E-state index contributed by atoms with van der Waals surface area (Å²) in [4.78, 5) is 10.8. The summed E-state index contributed by atoms with van der Waals surface area (Å²) in [5.41, 5.74) is 0.361. The molecule has 1 amide bonds. The first kappa shape index (κ1) is 10.1. The van der Waals surface area contributed by atoms with E-state index in [4.69, 9.17) is 5.11 Å². The van der Waals surface area contributed by atoms with E-state index in [9.17, 15) is 4.79 Å². The summed E-state index contributed by atoms with van der Waals surface area (Å²) in [6.45, 7) is 5.05. The average Bonchev–Trinajstić information content (AvgIpc) is 1.87. The minimum atomic E-state index is -0.954. The summed E-state index contributed by atoms with van der Waals surface area (Å²) >= 11 is 0. The van der Waals surface area contributed by atoms with Gasteiger partial charge in [0.05, 0.1) is 6.61 Å². The lowest BCUT2D eigenvalue weighted by Gasteiger charge is -2.10. The highest BCUT2D eigenvalue weighted by Crippen LogP contribution is 1.87. The Hall–Kier alpha value is -0.870. The van der Waals surface area contributed by atoms with Gasteiger partial charge in [0, 0.05) is 12.7 Å². The number of aliphatic hydroxyl groups excluding tert-OH is 1. The summed E-state index contributed by atoms with van der Waals surface area (Å²) < 4.78 is 4.59. The van der Waals surface area contributed by atoms with E-state index < -0.39 is 6.23 Å². The molecule has 0 fully saturated rings. The van der Waals surface area contributed by atoms with Crippen LogP contribution in [0.15, 0.2) is 12.2 Å². The van der Waals surface area contributed by atoms with Crippen LogP contribution in [0.1, 0.15) is 6.92 Å². The Morgan fingerprint density at radius 3 is 2.73 bits per heavy atom. The van der Waals surface area contributed by atoms with Gasteiger partial charge in [-0.1, -0.05) is 6.58 Å². The van der Waals surface area contributed by atoms with Gasteiger partial charge in [0.1, 0.15) is 6.23 Å². The molecule has 64 valence electrons. The van der Waals surface area contributed by atoms with E-state index in [-0.39, 0.29) is 12.5 Å². The van der Waals surface area contributed by atoms with Gasteiger partial charge in [-0.2, -0.15) is 0 Å². The minimum Gasteiger partial charge on any atom is -0.380 e. The van der Waals surface area contributed by atoms with Gasteiger partial charge in [-0.05, 0) is 6.92 Å². The maximum atomic E-state index is 10.8. The van der Waals surface area contributed by atoms with Crippen molar-refractivity contribution in [2.24, 2.45) is 0 Å². The second kappa shape index (κ2) is 4.87. The topological polar surface area (TPSA) is 58.6 Å². The van der Waals surface area contributed by atoms with E-state index in [1.807, 2.05) is 0 Å². The van der Waals surface area contributed by atoms with Crippen LogP contribution in [0.25, 0.3) is 0 Å². The Morgan fingerprint density at radius 1 is 1.82 bits per heavy atom. The van der Waals surface area contributed by atoms with Gasteiger partial charge < -0.3 is 15.2 Å². The van der Waals surface area contributed by atoms with Crippen LogP contribution in [0, 0.1) is 0 Å². The lowest BCUT2D eigenvalue weighted by Crippen LogP contribution is -2.37. The molecule has 2 N–H and O–H groups in total. The first-order valence-electron chi connectivity index (χ1n) is 3.21. The molecule has 0 spiro atoms. The highest BCUT2D eigenvalue weighted by atomic mass is 16.5. The number of hydrogen-bond donors (Lipinski definition) is 2. The zero-order chi connectivity index (χ0) is 8.85. The van der Waals surface area contributed by atoms with Crippen molar-refractivity contribution in [2.75, 3.05) is 13.7 Å².